The summed E-state index contributed by atoms with van der Waals surface area (Å²) in [6, 6.07) is 0. The number of epoxide rings is 1. The molecule has 0 aromatic heterocycles. The molecule has 2 atom stereocenters. The van der Waals surface area contributed by atoms with Crippen molar-refractivity contribution in [2.45, 2.75) is 32.2 Å². The predicted molar refractivity (Wildman–Crippen MR) is 38.6 cm³/mol. The largest absolute Gasteiger partial charge is 0.350 e. The molecule has 2 unspecified atom stereocenters. The van der Waals surface area contributed by atoms with Gasteiger partial charge < -0.3 is 15.2 Å². The van der Waals surface area contributed by atoms with E-state index in [0.717, 1.165) is 26.0 Å². The molecule has 0 radical (unpaired) electrons. The fourth-order valence-corrected chi connectivity index (χ4v) is 0.961. The van der Waals surface area contributed by atoms with E-state index in [2.05, 4.69) is 0 Å². The minimum atomic E-state index is 0.0801. The van der Waals surface area contributed by atoms with Gasteiger partial charge in [-0.15, -0.1) is 0 Å². The van der Waals surface area contributed by atoms with Crippen LogP contribution in [0, 0.1) is 0 Å². The Morgan fingerprint density at radius 2 is 2.40 bits per heavy atom. The highest BCUT2D eigenvalue weighted by molar-refractivity contribution is 4.76. The van der Waals surface area contributed by atoms with Gasteiger partial charge in [-0.25, -0.2) is 0 Å². The average Bonchev–Trinajstić information content (AvgIpc) is 2.65. The number of nitrogens with two attached hydrogens (primary N) is 1. The third-order valence-corrected chi connectivity index (χ3v) is 1.56. The van der Waals surface area contributed by atoms with Gasteiger partial charge in [-0.1, -0.05) is 0 Å². The summed E-state index contributed by atoms with van der Waals surface area (Å²) in [4.78, 5) is 0. The third-order valence-electron chi connectivity index (χ3n) is 1.56. The topological polar surface area (TPSA) is 47.8 Å². The molecule has 1 rings (SSSR count). The zero-order valence-electron chi connectivity index (χ0n) is 6.38. The predicted octanol–water partition coefficient (Wildman–Crippen LogP) is 0.487. The van der Waals surface area contributed by atoms with Gasteiger partial charge in [0.2, 0.25) is 0 Å². The van der Waals surface area contributed by atoms with Crippen LogP contribution in [0.2, 0.25) is 0 Å². The summed E-state index contributed by atoms with van der Waals surface area (Å²) in [5.41, 5.74) is 5.33. The highest BCUT2D eigenvalue weighted by Crippen LogP contribution is 2.26. The molecule has 10 heavy (non-hydrogen) atoms. The number of ether oxygens (including phenoxy) is 2. The van der Waals surface area contributed by atoms with Gasteiger partial charge in [-0.05, 0) is 26.3 Å². The smallest absolute Gasteiger partial charge is 0.184 e. The maximum absolute atomic E-state index is 5.33. The molecule has 0 bridgehead atoms. The first-order chi connectivity index (χ1) is 4.88. The fourth-order valence-electron chi connectivity index (χ4n) is 0.961. The molecule has 1 aliphatic heterocycles. The van der Waals surface area contributed by atoms with Crippen LogP contribution in [0.1, 0.15) is 19.8 Å². The van der Waals surface area contributed by atoms with Crippen LogP contribution in [-0.4, -0.2) is 25.5 Å². The van der Waals surface area contributed by atoms with Gasteiger partial charge in [-0.3, -0.25) is 0 Å². The molecule has 0 amide bonds. The zero-order valence-corrected chi connectivity index (χ0v) is 6.38. The normalized spacial score (nSPS) is 30.6. The number of hydrogen-bond acceptors (Lipinski definition) is 3. The molecule has 3 nitrogen and oxygen atoms in total. The molecule has 0 aromatic carbocycles. The molecule has 3 heteroatoms. The molecule has 0 spiro atoms. The molecule has 1 saturated heterocycles. The van der Waals surface area contributed by atoms with Crippen LogP contribution in [0.25, 0.3) is 0 Å². The second-order valence-corrected chi connectivity index (χ2v) is 2.43. The Labute approximate surface area is 61.5 Å². The molecule has 1 heterocycles. The fraction of sp³-hybridized carbons (Fsp3) is 1.00. The molecular weight excluding hydrogens is 130 g/mol. The van der Waals surface area contributed by atoms with Crippen LogP contribution >= 0.6 is 0 Å². The molecule has 1 fully saturated rings. The lowest BCUT2D eigenvalue weighted by Crippen LogP contribution is -2.03. The lowest BCUT2D eigenvalue weighted by Gasteiger charge is -1.92. The van der Waals surface area contributed by atoms with Gasteiger partial charge in [0.1, 0.15) is 6.10 Å². The maximum atomic E-state index is 5.33. The van der Waals surface area contributed by atoms with Gasteiger partial charge in [0.05, 0.1) is 0 Å². The van der Waals surface area contributed by atoms with E-state index in [0.29, 0.717) is 6.10 Å². The number of rotatable bonds is 5. The van der Waals surface area contributed by atoms with Crippen molar-refractivity contribution in [2.75, 3.05) is 13.2 Å². The van der Waals surface area contributed by atoms with E-state index in [1.165, 1.54) is 0 Å². The first-order valence-electron chi connectivity index (χ1n) is 3.85. The van der Waals surface area contributed by atoms with Crippen molar-refractivity contribution in [3.8, 4) is 0 Å². The Hall–Kier alpha value is -0.120. The molecule has 1 aliphatic rings. The third kappa shape index (κ3) is 2.25. The Morgan fingerprint density at radius 1 is 1.60 bits per heavy atom. The van der Waals surface area contributed by atoms with Gasteiger partial charge in [0.25, 0.3) is 0 Å². The van der Waals surface area contributed by atoms with Crippen molar-refractivity contribution in [3.63, 3.8) is 0 Å². The minimum Gasteiger partial charge on any atom is -0.350 e. The first kappa shape index (κ1) is 7.98. The number of hydrogen-bond donors (Lipinski definition) is 1. The average molecular weight is 145 g/mol. The standard InChI is InChI=1S/C7H15NO2/c1-2-9-7-6(10-7)4-3-5-8/h6-7H,2-5,8H2,1H3. The van der Waals surface area contributed by atoms with Gasteiger partial charge >= 0.3 is 0 Å². The summed E-state index contributed by atoms with van der Waals surface area (Å²) in [6.07, 6.45) is 2.50. The summed E-state index contributed by atoms with van der Waals surface area (Å²) in [7, 11) is 0. The van der Waals surface area contributed by atoms with E-state index in [1.54, 1.807) is 0 Å². The quantitative estimate of drug-likeness (QED) is 0.573. The lowest BCUT2D eigenvalue weighted by molar-refractivity contribution is 0.0593. The van der Waals surface area contributed by atoms with Gasteiger partial charge in [-0.2, -0.15) is 0 Å². The van der Waals surface area contributed by atoms with Crippen LogP contribution in [0.3, 0.4) is 0 Å². The van der Waals surface area contributed by atoms with Crippen LogP contribution in [0.15, 0.2) is 0 Å². The highest BCUT2D eigenvalue weighted by atomic mass is 16.8. The molecule has 0 aromatic rings. The summed E-state index contributed by atoms with van der Waals surface area (Å²) >= 11 is 0. The Morgan fingerprint density at radius 3 is 3.00 bits per heavy atom. The van der Waals surface area contributed by atoms with Crippen molar-refractivity contribution in [1.82, 2.24) is 0 Å². The summed E-state index contributed by atoms with van der Waals surface area (Å²) in [6.45, 7) is 3.46. The van der Waals surface area contributed by atoms with E-state index >= 15 is 0 Å². The van der Waals surface area contributed by atoms with E-state index in [4.69, 9.17) is 15.2 Å². The first-order valence-corrected chi connectivity index (χ1v) is 3.85. The van der Waals surface area contributed by atoms with E-state index in [1.807, 2.05) is 6.92 Å². The minimum absolute atomic E-state index is 0.0801. The second kappa shape index (κ2) is 3.91. The summed E-state index contributed by atoms with van der Waals surface area (Å²) in [5.74, 6) is 0. The van der Waals surface area contributed by atoms with Crippen molar-refractivity contribution < 1.29 is 9.47 Å². The Balaban J connectivity index is 1.92. The van der Waals surface area contributed by atoms with Gasteiger partial charge in [0.15, 0.2) is 6.29 Å². The van der Waals surface area contributed by atoms with Gasteiger partial charge in [0, 0.05) is 6.61 Å². The summed E-state index contributed by atoms with van der Waals surface area (Å²) in [5, 5.41) is 0. The van der Waals surface area contributed by atoms with E-state index in [9.17, 15) is 0 Å². The van der Waals surface area contributed by atoms with Crippen molar-refractivity contribution in [3.05, 3.63) is 0 Å². The maximum Gasteiger partial charge on any atom is 0.184 e. The Bertz CT molecular complexity index is 97.6. The zero-order chi connectivity index (χ0) is 7.40. The summed E-state index contributed by atoms with van der Waals surface area (Å²) < 4.78 is 10.4. The monoisotopic (exact) mass is 145 g/mol. The lowest BCUT2D eigenvalue weighted by atomic mass is 10.2. The van der Waals surface area contributed by atoms with E-state index < -0.39 is 0 Å². The molecule has 0 saturated carbocycles. The van der Waals surface area contributed by atoms with Crippen molar-refractivity contribution in [1.29, 1.82) is 0 Å². The van der Waals surface area contributed by atoms with E-state index in [-0.39, 0.29) is 6.29 Å². The van der Waals surface area contributed by atoms with Crippen LogP contribution in [0.5, 0.6) is 0 Å². The SMILES string of the molecule is CCOC1OC1CCCN. The van der Waals surface area contributed by atoms with Crippen molar-refractivity contribution in [2.24, 2.45) is 5.73 Å². The van der Waals surface area contributed by atoms with Crippen LogP contribution < -0.4 is 5.73 Å². The molecule has 0 aliphatic carbocycles. The molecule has 2 N–H and O–H groups in total. The second-order valence-electron chi connectivity index (χ2n) is 2.43. The molecule has 60 valence electrons. The van der Waals surface area contributed by atoms with Crippen LogP contribution in [0.4, 0.5) is 0 Å². The van der Waals surface area contributed by atoms with Crippen molar-refractivity contribution >= 4 is 0 Å². The highest BCUT2D eigenvalue weighted by Gasteiger charge is 2.38. The molecular formula is C7H15NO2. The Kier molecular flexibility index (Phi) is 3.12. The van der Waals surface area contributed by atoms with Crippen LogP contribution in [-0.2, 0) is 9.47 Å².